The highest BCUT2D eigenvalue weighted by molar-refractivity contribution is 6.91. The van der Waals surface area contributed by atoms with E-state index < -0.39 is 5.14 Å². The second-order valence-corrected chi connectivity index (χ2v) is 0.677. The number of halogens is 1. The molecule has 0 aromatic carbocycles. The molecule has 0 aliphatic rings. The maximum absolute atomic E-state index is 8.99. The Bertz CT molecular complexity index is 31.0. The van der Waals surface area contributed by atoms with Crippen LogP contribution >= 0.6 is 11.6 Å². The van der Waals surface area contributed by atoms with Gasteiger partial charge in [-0.2, -0.15) is 0 Å². The van der Waals surface area contributed by atoms with Crippen molar-refractivity contribution in [3.8, 4) is 0 Å². The third-order valence-electron chi connectivity index (χ3n) is 0. The van der Waals surface area contributed by atoms with Gasteiger partial charge in [0.25, 0.3) is 0 Å². The quantitative estimate of drug-likeness (QED) is 0.302. The van der Waals surface area contributed by atoms with Crippen molar-refractivity contribution in [3.05, 3.63) is 0 Å². The average Bonchev–Trinajstić information content (AvgIpc) is 0.811. The summed E-state index contributed by atoms with van der Waals surface area (Å²) in [5.74, 6) is 0. The standard InChI is InChI=1S/CBClO/c2-1(3)4. The van der Waals surface area contributed by atoms with E-state index in [4.69, 9.17) is 4.79 Å². The molecule has 0 amide bonds. The molecule has 0 fully saturated rings. The van der Waals surface area contributed by atoms with Gasteiger partial charge >= 0.3 is 0 Å². The van der Waals surface area contributed by atoms with Gasteiger partial charge in [-0.05, 0) is 0 Å². The molecule has 0 aliphatic heterocycles. The molecule has 0 atom stereocenters. The van der Waals surface area contributed by atoms with Crippen molar-refractivity contribution >= 4 is 24.6 Å². The zero-order chi connectivity index (χ0) is 3.58. The Labute approximate surface area is 30.4 Å². The molecule has 0 saturated heterocycles. The van der Waals surface area contributed by atoms with Gasteiger partial charge in [0.2, 0.25) is 0 Å². The lowest BCUT2D eigenvalue weighted by molar-refractivity contribution is 0.275. The van der Waals surface area contributed by atoms with Crippen LogP contribution in [0.5, 0.6) is 0 Å². The first-order chi connectivity index (χ1) is 1.73. The molecule has 0 bridgehead atoms. The van der Waals surface area contributed by atoms with Gasteiger partial charge in [-0.3, -0.25) is 4.79 Å². The van der Waals surface area contributed by atoms with Gasteiger partial charge in [0.1, 0.15) is 0 Å². The van der Waals surface area contributed by atoms with Gasteiger partial charge in [0.05, 0.1) is 0 Å². The highest BCUT2D eigenvalue weighted by Crippen LogP contribution is 1.66. The van der Waals surface area contributed by atoms with E-state index in [2.05, 4.69) is 19.4 Å². The maximum Gasteiger partial charge on any atom is 0.192 e. The number of carbonyl (C=O) groups excluding carboxylic acids is 1. The van der Waals surface area contributed by atoms with Crippen molar-refractivity contribution in [2.24, 2.45) is 0 Å². The Balaban J connectivity index is 2.80. The van der Waals surface area contributed by atoms with Crippen LogP contribution in [0.4, 0.5) is 4.79 Å². The highest BCUT2D eigenvalue weighted by atomic mass is 35.5. The van der Waals surface area contributed by atoms with Gasteiger partial charge in [0, 0.05) is 0 Å². The molecule has 0 saturated carbocycles. The smallest absolute Gasteiger partial charge is 0.192 e. The summed E-state index contributed by atoms with van der Waals surface area (Å²) in [5, 5.41) is -0.861. The molecule has 1 nitrogen and oxygen atoms in total. The van der Waals surface area contributed by atoms with Crippen molar-refractivity contribution in [1.82, 2.24) is 0 Å². The third-order valence-corrected chi connectivity index (χ3v) is 0. The van der Waals surface area contributed by atoms with Gasteiger partial charge in [-0.15, -0.1) is 0 Å². The zero-order valence-corrected chi connectivity index (χ0v) is 2.62. The van der Waals surface area contributed by atoms with Crippen molar-refractivity contribution in [1.29, 1.82) is 0 Å². The largest absolute Gasteiger partial charge is 0.295 e. The Morgan fingerprint density at radius 3 is 2.00 bits per heavy atom. The van der Waals surface area contributed by atoms with Crippen molar-refractivity contribution < 1.29 is 4.79 Å². The maximum atomic E-state index is 8.99. The van der Waals surface area contributed by atoms with Crippen LogP contribution in [0.1, 0.15) is 0 Å². The van der Waals surface area contributed by atoms with Crippen LogP contribution in [0, 0.1) is 0 Å². The van der Waals surface area contributed by atoms with Crippen LogP contribution in [0.25, 0.3) is 0 Å². The monoisotopic (exact) mass is 74.0 g/mol. The Hall–Kier alpha value is 0.0249. The molecule has 0 unspecified atom stereocenters. The van der Waals surface area contributed by atoms with Gasteiger partial charge in [-0.1, -0.05) is 11.6 Å². The van der Waals surface area contributed by atoms with Crippen molar-refractivity contribution in [3.63, 3.8) is 0 Å². The topological polar surface area (TPSA) is 17.1 Å². The van der Waals surface area contributed by atoms with Gasteiger partial charge in [0.15, 0.2) is 13.0 Å². The van der Waals surface area contributed by atoms with Crippen molar-refractivity contribution in [2.75, 3.05) is 0 Å². The van der Waals surface area contributed by atoms with Crippen LogP contribution in [-0.2, 0) is 0 Å². The fourth-order valence-electron chi connectivity index (χ4n) is 0. The lowest BCUT2D eigenvalue weighted by Gasteiger charge is -1.52. The third kappa shape index (κ3) is 3420. The molecule has 0 aromatic heterocycles. The predicted molar refractivity (Wildman–Crippen MR) is 17.0 cm³/mol. The first kappa shape index (κ1) is 4.02. The second kappa shape index (κ2) is 1.36. The van der Waals surface area contributed by atoms with E-state index in [1.54, 1.807) is 0 Å². The Morgan fingerprint density at radius 1 is 2.00 bits per heavy atom. The molecule has 0 aromatic rings. The van der Waals surface area contributed by atoms with E-state index in [0.717, 1.165) is 0 Å². The van der Waals surface area contributed by atoms with Gasteiger partial charge < -0.3 is 0 Å². The lowest BCUT2D eigenvalue weighted by atomic mass is 10.2. The average molecular weight is 74.3 g/mol. The molecule has 0 rings (SSSR count). The van der Waals surface area contributed by atoms with Gasteiger partial charge in [-0.25, -0.2) is 0 Å². The summed E-state index contributed by atoms with van der Waals surface area (Å²) in [6.07, 6.45) is 0. The highest BCUT2D eigenvalue weighted by Gasteiger charge is 1.67. The second-order valence-electron chi connectivity index (χ2n) is 0.304. The number of hydrogen-bond donors (Lipinski definition) is 0. The molecule has 20 valence electrons. The first-order valence-corrected chi connectivity index (χ1v) is 1.06. The molecule has 2 radical (unpaired) electrons. The van der Waals surface area contributed by atoms with Crippen LogP contribution in [-0.4, -0.2) is 13.0 Å². The molecular formula is CBClO. The predicted octanol–water partition coefficient (Wildman–Crippen LogP) is 0.514. The molecule has 0 aliphatic carbocycles. The van der Waals surface area contributed by atoms with Crippen LogP contribution in [0.2, 0.25) is 0 Å². The summed E-state index contributed by atoms with van der Waals surface area (Å²) in [5.41, 5.74) is 0. The molecule has 3 heteroatoms. The molecule has 0 spiro atoms. The van der Waals surface area contributed by atoms with E-state index in [-0.39, 0.29) is 0 Å². The van der Waals surface area contributed by atoms with Crippen LogP contribution in [0.3, 0.4) is 0 Å². The van der Waals surface area contributed by atoms with E-state index >= 15 is 0 Å². The molecule has 4 heavy (non-hydrogen) atoms. The normalized spacial score (nSPS) is 6.25. The van der Waals surface area contributed by atoms with Crippen LogP contribution < -0.4 is 0 Å². The summed E-state index contributed by atoms with van der Waals surface area (Å²) in [6, 6.07) is 0. The first-order valence-electron chi connectivity index (χ1n) is 0.682. The van der Waals surface area contributed by atoms with E-state index in [9.17, 15) is 0 Å². The van der Waals surface area contributed by atoms with E-state index in [0.29, 0.717) is 0 Å². The Morgan fingerprint density at radius 2 is 2.00 bits per heavy atom. The van der Waals surface area contributed by atoms with Crippen molar-refractivity contribution in [2.45, 2.75) is 0 Å². The Kier molecular flexibility index (Phi) is 1.36. The molecule has 0 N–H and O–H groups in total. The van der Waals surface area contributed by atoms with Crippen LogP contribution in [0.15, 0.2) is 0 Å². The minimum Gasteiger partial charge on any atom is -0.295 e. The molecular weight excluding hydrogens is 74.3 g/mol. The summed E-state index contributed by atoms with van der Waals surface area (Å²) in [4.78, 5) is 8.99. The van der Waals surface area contributed by atoms with E-state index in [1.165, 1.54) is 0 Å². The zero-order valence-electron chi connectivity index (χ0n) is 1.86. The fraction of sp³-hybridized carbons (Fsp3) is 0. The number of hydrogen-bond acceptors (Lipinski definition) is 1. The number of carbonyl (C=O) groups is 1. The molecule has 0 heterocycles. The minimum atomic E-state index is -0.861. The number of rotatable bonds is 0. The summed E-state index contributed by atoms with van der Waals surface area (Å²) >= 11 is 4.41. The fourth-order valence-corrected chi connectivity index (χ4v) is 0. The lowest BCUT2D eigenvalue weighted by Crippen LogP contribution is -1.69. The summed E-state index contributed by atoms with van der Waals surface area (Å²) in [7, 11) is 4.24. The SMILES string of the molecule is [B]C(=O)Cl. The summed E-state index contributed by atoms with van der Waals surface area (Å²) < 4.78 is 0. The minimum absolute atomic E-state index is 0.861. The van der Waals surface area contributed by atoms with E-state index in [1.807, 2.05) is 0 Å². The summed E-state index contributed by atoms with van der Waals surface area (Å²) in [6.45, 7) is 0.